The number of amides is 2. The number of carbonyl (C=O) groups excluding carboxylic acids is 2. The van der Waals surface area contributed by atoms with E-state index in [1.807, 2.05) is 24.6 Å². The molecule has 4 heterocycles. The quantitative estimate of drug-likeness (QED) is 0.618. The molecule has 3 aromatic heterocycles. The van der Waals surface area contributed by atoms with Gasteiger partial charge in [-0.3, -0.25) is 14.6 Å². The van der Waals surface area contributed by atoms with Gasteiger partial charge in [0.2, 0.25) is 5.91 Å². The molecule has 0 bridgehead atoms. The Kier molecular flexibility index (Phi) is 5.87. The van der Waals surface area contributed by atoms with Gasteiger partial charge in [0.15, 0.2) is 0 Å². The fourth-order valence-corrected chi connectivity index (χ4v) is 4.16. The van der Waals surface area contributed by atoms with E-state index in [9.17, 15) is 22.8 Å². The van der Waals surface area contributed by atoms with Gasteiger partial charge in [-0.05, 0) is 38.0 Å². The van der Waals surface area contributed by atoms with E-state index in [4.69, 9.17) is 0 Å². The van der Waals surface area contributed by atoms with E-state index in [2.05, 4.69) is 15.3 Å². The summed E-state index contributed by atoms with van der Waals surface area (Å²) in [5.41, 5.74) is -0.00927. The zero-order chi connectivity index (χ0) is 24.8. The van der Waals surface area contributed by atoms with E-state index in [0.717, 1.165) is 6.07 Å². The second-order valence-electron chi connectivity index (χ2n) is 9.36. The first kappa shape index (κ1) is 23.7. The van der Waals surface area contributed by atoms with Crippen LogP contribution in [0, 0.1) is 5.92 Å². The molecule has 2 amide bonds. The van der Waals surface area contributed by atoms with Crippen molar-refractivity contribution in [2.75, 3.05) is 13.1 Å². The number of piperazine rings is 1. The van der Waals surface area contributed by atoms with Gasteiger partial charge in [0.25, 0.3) is 5.91 Å². The smallest absolute Gasteiger partial charge is 0.352 e. The maximum atomic E-state index is 13.3. The van der Waals surface area contributed by atoms with Crippen LogP contribution >= 0.6 is 0 Å². The van der Waals surface area contributed by atoms with Crippen molar-refractivity contribution in [3.8, 4) is 11.1 Å². The zero-order valence-electron chi connectivity index (χ0n) is 19.4. The van der Waals surface area contributed by atoms with Crippen molar-refractivity contribution < 1.29 is 22.8 Å². The third kappa shape index (κ3) is 4.24. The van der Waals surface area contributed by atoms with Crippen LogP contribution in [0.15, 0.2) is 36.7 Å². The zero-order valence-corrected chi connectivity index (χ0v) is 19.4. The lowest BCUT2D eigenvalue weighted by Crippen LogP contribution is -2.63. The molecule has 180 valence electrons. The van der Waals surface area contributed by atoms with E-state index >= 15 is 0 Å². The standard InChI is InChI=1S/C24H26F3N5O2/c1-14(2)12-31-13-17(15-5-8-19(29-11-15)24(25,26)27)16-6-7-18(30-20(16)31)21(33)32-10-9-28-22(34)23(32,3)4/h5-8,11,13-14H,9-10,12H2,1-4H3,(H,28,34). The van der Waals surface area contributed by atoms with Crippen LogP contribution < -0.4 is 5.32 Å². The topological polar surface area (TPSA) is 80.1 Å². The highest BCUT2D eigenvalue weighted by Gasteiger charge is 2.41. The molecule has 0 saturated carbocycles. The highest BCUT2D eigenvalue weighted by molar-refractivity contribution is 6.01. The molecule has 1 N–H and O–H groups in total. The minimum Gasteiger partial charge on any atom is -0.352 e. The number of nitrogens with one attached hydrogen (secondary N) is 1. The van der Waals surface area contributed by atoms with Crippen molar-refractivity contribution in [3.05, 3.63) is 48.0 Å². The van der Waals surface area contributed by atoms with Gasteiger partial charge in [-0.2, -0.15) is 13.2 Å². The lowest BCUT2D eigenvalue weighted by Gasteiger charge is -2.40. The van der Waals surface area contributed by atoms with E-state index in [0.29, 0.717) is 41.8 Å². The number of halogens is 3. The van der Waals surface area contributed by atoms with Gasteiger partial charge in [-0.25, -0.2) is 4.98 Å². The molecule has 0 radical (unpaired) electrons. The van der Waals surface area contributed by atoms with Crippen LogP contribution in [-0.4, -0.2) is 49.9 Å². The molecule has 3 aromatic rings. The molecule has 1 fully saturated rings. The number of pyridine rings is 2. The Morgan fingerprint density at radius 1 is 1.21 bits per heavy atom. The largest absolute Gasteiger partial charge is 0.433 e. The molecule has 0 atom stereocenters. The number of fused-ring (bicyclic) bond motifs is 1. The summed E-state index contributed by atoms with van der Waals surface area (Å²) in [6.45, 7) is 8.79. The second-order valence-corrected chi connectivity index (χ2v) is 9.36. The first-order valence-corrected chi connectivity index (χ1v) is 11.0. The van der Waals surface area contributed by atoms with E-state index in [-0.39, 0.29) is 23.4 Å². The Morgan fingerprint density at radius 2 is 1.94 bits per heavy atom. The van der Waals surface area contributed by atoms with Crippen molar-refractivity contribution in [2.24, 2.45) is 5.92 Å². The van der Waals surface area contributed by atoms with Crippen molar-refractivity contribution in [2.45, 2.75) is 46.0 Å². The molecule has 0 spiro atoms. The van der Waals surface area contributed by atoms with Gasteiger partial charge < -0.3 is 14.8 Å². The highest BCUT2D eigenvalue weighted by Crippen LogP contribution is 2.33. The number of carbonyl (C=O) groups is 2. The predicted molar refractivity (Wildman–Crippen MR) is 121 cm³/mol. The lowest BCUT2D eigenvalue weighted by atomic mass is 9.98. The van der Waals surface area contributed by atoms with Gasteiger partial charge in [0.05, 0.1) is 0 Å². The van der Waals surface area contributed by atoms with Gasteiger partial charge in [-0.15, -0.1) is 0 Å². The van der Waals surface area contributed by atoms with E-state index in [1.165, 1.54) is 17.2 Å². The molecule has 0 aliphatic carbocycles. The molecule has 1 aliphatic rings. The van der Waals surface area contributed by atoms with Gasteiger partial charge in [0, 0.05) is 48.5 Å². The maximum Gasteiger partial charge on any atom is 0.433 e. The number of rotatable bonds is 4. The number of alkyl halides is 3. The Morgan fingerprint density at radius 3 is 2.56 bits per heavy atom. The second kappa shape index (κ2) is 8.41. The number of hydrogen-bond acceptors (Lipinski definition) is 4. The Balaban J connectivity index is 1.78. The molecule has 10 heteroatoms. The Bertz CT molecular complexity index is 1250. The predicted octanol–water partition coefficient (Wildman–Crippen LogP) is 4.12. The number of aromatic nitrogens is 3. The normalized spacial score (nSPS) is 16.2. The van der Waals surface area contributed by atoms with Crippen molar-refractivity contribution in [1.82, 2.24) is 24.8 Å². The van der Waals surface area contributed by atoms with Crippen LogP contribution in [0.5, 0.6) is 0 Å². The molecular formula is C24H26F3N5O2. The maximum absolute atomic E-state index is 13.3. The average Bonchev–Trinajstić information content (AvgIpc) is 3.11. The Hall–Kier alpha value is -3.43. The Labute approximate surface area is 195 Å². The molecule has 34 heavy (non-hydrogen) atoms. The summed E-state index contributed by atoms with van der Waals surface area (Å²) in [5.74, 6) is -0.315. The SMILES string of the molecule is CC(C)Cn1cc(-c2ccc(C(F)(F)F)nc2)c2ccc(C(=O)N3CCNC(=O)C3(C)C)nc21. The first-order valence-electron chi connectivity index (χ1n) is 11.0. The van der Waals surface area contributed by atoms with Crippen molar-refractivity contribution in [1.29, 1.82) is 0 Å². The minimum atomic E-state index is -4.51. The van der Waals surface area contributed by atoms with Gasteiger partial charge in [-0.1, -0.05) is 19.9 Å². The molecule has 0 unspecified atom stereocenters. The van der Waals surface area contributed by atoms with Gasteiger partial charge in [0.1, 0.15) is 22.6 Å². The molecular weight excluding hydrogens is 447 g/mol. The third-order valence-corrected chi connectivity index (χ3v) is 5.96. The summed E-state index contributed by atoms with van der Waals surface area (Å²) in [4.78, 5) is 35.3. The molecule has 1 saturated heterocycles. The fraction of sp³-hybridized carbons (Fsp3) is 0.417. The minimum absolute atomic E-state index is 0.204. The summed E-state index contributed by atoms with van der Waals surface area (Å²) in [6, 6.07) is 5.68. The van der Waals surface area contributed by atoms with Crippen LogP contribution in [-0.2, 0) is 17.5 Å². The average molecular weight is 473 g/mol. The van der Waals surface area contributed by atoms with E-state index in [1.54, 1.807) is 26.0 Å². The van der Waals surface area contributed by atoms with E-state index < -0.39 is 17.4 Å². The number of nitrogens with zero attached hydrogens (tertiary/aromatic N) is 4. The highest BCUT2D eigenvalue weighted by atomic mass is 19.4. The lowest BCUT2D eigenvalue weighted by molar-refractivity contribution is -0.141. The molecule has 0 aromatic carbocycles. The summed E-state index contributed by atoms with van der Waals surface area (Å²) >= 11 is 0. The van der Waals surface area contributed by atoms with Crippen molar-refractivity contribution in [3.63, 3.8) is 0 Å². The van der Waals surface area contributed by atoms with Crippen LogP contribution in [0.2, 0.25) is 0 Å². The summed E-state index contributed by atoms with van der Waals surface area (Å²) in [7, 11) is 0. The monoisotopic (exact) mass is 473 g/mol. The first-order chi connectivity index (χ1) is 15.9. The summed E-state index contributed by atoms with van der Waals surface area (Å²) in [5, 5.41) is 3.47. The van der Waals surface area contributed by atoms with Crippen molar-refractivity contribution >= 4 is 22.8 Å². The summed E-state index contributed by atoms with van der Waals surface area (Å²) < 4.78 is 40.7. The number of hydrogen-bond donors (Lipinski definition) is 1. The van der Waals surface area contributed by atoms with Crippen LogP contribution in [0.25, 0.3) is 22.2 Å². The molecule has 1 aliphatic heterocycles. The molecule has 4 rings (SSSR count). The van der Waals surface area contributed by atoms with Crippen LogP contribution in [0.1, 0.15) is 43.9 Å². The van der Waals surface area contributed by atoms with Gasteiger partial charge >= 0.3 is 6.18 Å². The van der Waals surface area contributed by atoms with Crippen LogP contribution in [0.3, 0.4) is 0 Å². The third-order valence-electron chi connectivity index (χ3n) is 5.96. The van der Waals surface area contributed by atoms with Crippen LogP contribution in [0.4, 0.5) is 13.2 Å². The molecule has 7 nitrogen and oxygen atoms in total. The summed E-state index contributed by atoms with van der Waals surface area (Å²) in [6.07, 6.45) is -1.49. The fourth-order valence-electron chi connectivity index (χ4n) is 4.16.